The van der Waals surface area contributed by atoms with Gasteiger partial charge in [-0.2, -0.15) is 5.10 Å². The first-order chi connectivity index (χ1) is 8.79. The lowest BCUT2D eigenvalue weighted by molar-refractivity contribution is 0.463. The van der Waals surface area contributed by atoms with E-state index in [2.05, 4.69) is 35.3 Å². The van der Waals surface area contributed by atoms with Gasteiger partial charge in [0.2, 0.25) is 0 Å². The van der Waals surface area contributed by atoms with Gasteiger partial charge in [0.05, 0.1) is 11.7 Å². The molecule has 0 atom stereocenters. The van der Waals surface area contributed by atoms with Crippen LogP contribution in [0, 0.1) is 0 Å². The third kappa shape index (κ3) is 3.70. The molecule has 1 aliphatic carbocycles. The van der Waals surface area contributed by atoms with Crippen LogP contribution in [0.15, 0.2) is 23.9 Å². The van der Waals surface area contributed by atoms with E-state index >= 15 is 0 Å². The highest BCUT2D eigenvalue weighted by atomic mass is 15.3. The fourth-order valence-electron chi connectivity index (χ4n) is 2.66. The molecule has 3 heteroatoms. The van der Waals surface area contributed by atoms with Gasteiger partial charge in [-0.15, -0.1) is 0 Å². The van der Waals surface area contributed by atoms with Crippen molar-refractivity contribution in [3.8, 4) is 0 Å². The Balaban J connectivity index is 1.87. The van der Waals surface area contributed by atoms with Crippen molar-refractivity contribution in [2.24, 2.45) is 0 Å². The minimum Gasteiger partial charge on any atom is -0.319 e. The number of hydrogen-bond acceptors (Lipinski definition) is 2. The van der Waals surface area contributed by atoms with Crippen LogP contribution in [0.1, 0.15) is 50.8 Å². The lowest BCUT2D eigenvalue weighted by Crippen LogP contribution is -2.06. The van der Waals surface area contributed by atoms with Gasteiger partial charge >= 0.3 is 0 Å². The highest BCUT2D eigenvalue weighted by Gasteiger charge is 2.17. The second kappa shape index (κ2) is 6.74. The Morgan fingerprint density at radius 3 is 3.00 bits per heavy atom. The van der Waals surface area contributed by atoms with Crippen LogP contribution in [-0.4, -0.2) is 23.4 Å². The Hall–Kier alpha value is -1.09. The van der Waals surface area contributed by atoms with Crippen molar-refractivity contribution >= 4 is 0 Å². The number of nitrogens with zero attached hydrogens (tertiary/aromatic N) is 2. The Morgan fingerprint density at radius 1 is 1.50 bits per heavy atom. The standard InChI is InChI=1S/C15H25N3/c1-13(6-5-10-16-2)12-14-9-11-18(17-14)15-7-3-4-8-15/h6,9,11,15-16H,3-5,7-8,10,12H2,1-2H3. The summed E-state index contributed by atoms with van der Waals surface area (Å²) in [6.45, 7) is 3.25. The number of hydrogen-bond donors (Lipinski definition) is 1. The highest BCUT2D eigenvalue weighted by molar-refractivity contribution is 5.12. The van der Waals surface area contributed by atoms with E-state index in [1.54, 1.807) is 0 Å². The van der Waals surface area contributed by atoms with Gasteiger partial charge in [-0.05, 0) is 45.8 Å². The van der Waals surface area contributed by atoms with Gasteiger partial charge in [0, 0.05) is 12.6 Å². The van der Waals surface area contributed by atoms with E-state index in [9.17, 15) is 0 Å². The summed E-state index contributed by atoms with van der Waals surface area (Å²) in [5.41, 5.74) is 2.63. The maximum atomic E-state index is 4.72. The zero-order valence-electron chi connectivity index (χ0n) is 11.7. The van der Waals surface area contributed by atoms with Gasteiger partial charge in [0.1, 0.15) is 0 Å². The fourth-order valence-corrected chi connectivity index (χ4v) is 2.66. The first-order valence-corrected chi connectivity index (χ1v) is 7.14. The Bertz CT molecular complexity index is 386. The van der Waals surface area contributed by atoms with Crippen molar-refractivity contribution in [1.82, 2.24) is 15.1 Å². The van der Waals surface area contributed by atoms with Crippen molar-refractivity contribution in [3.63, 3.8) is 0 Å². The molecule has 1 fully saturated rings. The maximum absolute atomic E-state index is 4.72. The predicted molar refractivity (Wildman–Crippen MR) is 75.7 cm³/mol. The van der Waals surface area contributed by atoms with Crippen LogP contribution in [0.2, 0.25) is 0 Å². The molecule has 0 aliphatic heterocycles. The van der Waals surface area contributed by atoms with Gasteiger partial charge in [-0.3, -0.25) is 4.68 Å². The molecule has 1 saturated carbocycles. The summed E-state index contributed by atoms with van der Waals surface area (Å²) in [6.07, 6.45) is 11.9. The molecule has 1 aromatic heterocycles. The van der Waals surface area contributed by atoms with Crippen LogP contribution in [0.25, 0.3) is 0 Å². The molecule has 18 heavy (non-hydrogen) atoms. The third-order valence-electron chi connectivity index (χ3n) is 3.71. The minimum absolute atomic E-state index is 0.660. The van der Waals surface area contributed by atoms with Gasteiger partial charge < -0.3 is 5.32 Å². The van der Waals surface area contributed by atoms with Gasteiger partial charge in [0.25, 0.3) is 0 Å². The Kier molecular flexibility index (Phi) is 5.00. The number of nitrogens with one attached hydrogen (secondary N) is 1. The maximum Gasteiger partial charge on any atom is 0.0664 e. The largest absolute Gasteiger partial charge is 0.319 e. The predicted octanol–water partition coefficient (Wildman–Crippen LogP) is 3.10. The van der Waals surface area contributed by atoms with Crippen LogP contribution in [0.3, 0.4) is 0 Å². The second-order valence-electron chi connectivity index (χ2n) is 5.34. The molecule has 0 aromatic carbocycles. The Labute approximate surface area is 110 Å². The van der Waals surface area contributed by atoms with Crippen molar-refractivity contribution in [3.05, 3.63) is 29.6 Å². The number of rotatable bonds is 6. The summed E-state index contributed by atoms with van der Waals surface area (Å²) in [6, 6.07) is 2.83. The van der Waals surface area contributed by atoms with Crippen molar-refractivity contribution in [1.29, 1.82) is 0 Å². The highest BCUT2D eigenvalue weighted by Crippen LogP contribution is 2.28. The molecule has 0 amide bonds. The monoisotopic (exact) mass is 247 g/mol. The zero-order valence-corrected chi connectivity index (χ0v) is 11.7. The van der Waals surface area contributed by atoms with Crippen molar-refractivity contribution in [2.75, 3.05) is 13.6 Å². The smallest absolute Gasteiger partial charge is 0.0664 e. The average Bonchev–Trinajstić information content (AvgIpc) is 2.98. The summed E-state index contributed by atoms with van der Waals surface area (Å²) < 4.78 is 2.18. The lowest BCUT2D eigenvalue weighted by atomic mass is 10.1. The van der Waals surface area contributed by atoms with Crippen LogP contribution in [-0.2, 0) is 6.42 Å². The van der Waals surface area contributed by atoms with Crippen molar-refractivity contribution < 1.29 is 0 Å². The van der Waals surface area contributed by atoms with E-state index in [-0.39, 0.29) is 0 Å². The molecule has 1 aromatic rings. The number of aromatic nitrogens is 2. The molecule has 0 spiro atoms. The molecule has 3 nitrogen and oxygen atoms in total. The normalized spacial score (nSPS) is 17.6. The average molecular weight is 247 g/mol. The van der Waals surface area contributed by atoms with Gasteiger partial charge in [0.15, 0.2) is 0 Å². The zero-order chi connectivity index (χ0) is 12.8. The summed E-state index contributed by atoms with van der Waals surface area (Å²) >= 11 is 0. The quantitative estimate of drug-likeness (QED) is 0.618. The van der Waals surface area contributed by atoms with Crippen LogP contribution in [0.4, 0.5) is 0 Å². The van der Waals surface area contributed by atoms with Crippen LogP contribution < -0.4 is 5.32 Å². The molecule has 2 rings (SSSR count). The minimum atomic E-state index is 0.660. The van der Waals surface area contributed by atoms with E-state index in [1.807, 2.05) is 7.05 Å². The first-order valence-electron chi connectivity index (χ1n) is 7.14. The summed E-state index contributed by atoms with van der Waals surface area (Å²) in [7, 11) is 1.99. The summed E-state index contributed by atoms with van der Waals surface area (Å²) in [5.74, 6) is 0. The molecular weight excluding hydrogens is 222 g/mol. The summed E-state index contributed by atoms with van der Waals surface area (Å²) in [4.78, 5) is 0. The van der Waals surface area contributed by atoms with Crippen LogP contribution >= 0.6 is 0 Å². The molecule has 1 aliphatic rings. The first kappa shape index (κ1) is 13.3. The summed E-state index contributed by atoms with van der Waals surface area (Å²) in [5, 5.41) is 7.88. The molecular formula is C15H25N3. The van der Waals surface area contributed by atoms with E-state index in [1.165, 1.54) is 37.0 Å². The molecule has 0 unspecified atom stereocenters. The fraction of sp³-hybridized carbons (Fsp3) is 0.667. The van der Waals surface area contributed by atoms with E-state index in [0.29, 0.717) is 6.04 Å². The van der Waals surface area contributed by atoms with E-state index in [4.69, 9.17) is 5.10 Å². The van der Waals surface area contributed by atoms with Gasteiger partial charge in [-0.25, -0.2) is 0 Å². The molecule has 0 radical (unpaired) electrons. The van der Waals surface area contributed by atoms with Gasteiger partial charge in [-0.1, -0.05) is 24.5 Å². The molecule has 1 N–H and O–H groups in total. The topological polar surface area (TPSA) is 29.9 Å². The number of allylic oxidation sites excluding steroid dienone is 1. The third-order valence-corrected chi connectivity index (χ3v) is 3.71. The molecule has 0 bridgehead atoms. The van der Waals surface area contributed by atoms with Crippen LogP contribution in [0.5, 0.6) is 0 Å². The molecule has 0 saturated heterocycles. The lowest BCUT2D eigenvalue weighted by Gasteiger charge is -2.08. The second-order valence-corrected chi connectivity index (χ2v) is 5.34. The van der Waals surface area contributed by atoms with Crippen molar-refractivity contribution in [2.45, 2.75) is 51.5 Å². The molecule has 1 heterocycles. The van der Waals surface area contributed by atoms with E-state index < -0.39 is 0 Å². The molecule has 100 valence electrons. The van der Waals surface area contributed by atoms with E-state index in [0.717, 1.165) is 19.4 Å². The SMILES string of the molecule is CNCCC=C(C)Cc1ccn(C2CCCC2)n1. The Morgan fingerprint density at radius 2 is 2.28 bits per heavy atom.